The zero-order valence-corrected chi connectivity index (χ0v) is 19.1. The SMILES string of the molecule is CC(C)(C)OC(=O)N(c1ccc(C2CCCCN2Cc2ccccc2)cn1)C1CCC1. The molecule has 1 atom stereocenters. The van der Waals surface area contributed by atoms with E-state index in [-0.39, 0.29) is 12.1 Å². The summed E-state index contributed by atoms with van der Waals surface area (Å²) in [5, 5.41) is 0. The van der Waals surface area contributed by atoms with Crippen LogP contribution in [0.3, 0.4) is 0 Å². The molecule has 166 valence electrons. The number of benzene rings is 1. The Morgan fingerprint density at radius 3 is 2.45 bits per heavy atom. The maximum Gasteiger partial charge on any atom is 0.416 e. The molecule has 1 amide bonds. The number of hydrogen-bond acceptors (Lipinski definition) is 4. The van der Waals surface area contributed by atoms with Gasteiger partial charge in [-0.05, 0) is 76.6 Å². The van der Waals surface area contributed by atoms with Crippen molar-refractivity contribution in [3.8, 4) is 0 Å². The van der Waals surface area contributed by atoms with Crippen molar-refractivity contribution in [3.63, 3.8) is 0 Å². The van der Waals surface area contributed by atoms with Gasteiger partial charge in [0, 0.05) is 24.8 Å². The Bertz CT molecular complexity index is 856. The fourth-order valence-corrected chi connectivity index (χ4v) is 4.50. The molecular formula is C26H35N3O2. The summed E-state index contributed by atoms with van der Waals surface area (Å²) in [7, 11) is 0. The molecule has 1 unspecified atom stereocenters. The highest BCUT2D eigenvalue weighted by Crippen LogP contribution is 2.34. The van der Waals surface area contributed by atoms with Gasteiger partial charge in [0.2, 0.25) is 0 Å². The third-order valence-electron chi connectivity index (χ3n) is 6.27. The molecule has 31 heavy (non-hydrogen) atoms. The molecule has 2 heterocycles. The van der Waals surface area contributed by atoms with Gasteiger partial charge in [-0.25, -0.2) is 9.78 Å². The number of anilines is 1. The fraction of sp³-hybridized carbons (Fsp3) is 0.538. The first kappa shape index (κ1) is 21.8. The highest BCUT2D eigenvalue weighted by molar-refractivity contribution is 5.87. The first-order valence-corrected chi connectivity index (χ1v) is 11.7. The van der Waals surface area contributed by atoms with Crippen molar-refractivity contribution >= 4 is 11.9 Å². The quantitative estimate of drug-likeness (QED) is 0.585. The molecule has 1 aromatic heterocycles. The molecule has 1 aliphatic carbocycles. The number of pyridine rings is 1. The van der Waals surface area contributed by atoms with Crippen molar-refractivity contribution in [1.29, 1.82) is 0 Å². The molecule has 5 heteroatoms. The van der Waals surface area contributed by atoms with Crippen molar-refractivity contribution in [1.82, 2.24) is 9.88 Å². The Morgan fingerprint density at radius 2 is 1.84 bits per heavy atom. The molecule has 0 N–H and O–H groups in total. The minimum atomic E-state index is -0.515. The largest absolute Gasteiger partial charge is 0.443 e. The Kier molecular flexibility index (Phi) is 6.61. The predicted molar refractivity (Wildman–Crippen MR) is 124 cm³/mol. The Labute approximate surface area is 186 Å². The lowest BCUT2D eigenvalue weighted by Gasteiger charge is -2.38. The summed E-state index contributed by atoms with van der Waals surface area (Å²) in [6.07, 6.45) is 8.48. The highest BCUT2D eigenvalue weighted by atomic mass is 16.6. The second-order valence-electron chi connectivity index (χ2n) is 9.85. The monoisotopic (exact) mass is 421 g/mol. The van der Waals surface area contributed by atoms with Gasteiger partial charge in [0.25, 0.3) is 0 Å². The van der Waals surface area contributed by atoms with Crippen molar-refractivity contribution in [2.45, 2.75) is 83.5 Å². The number of piperidine rings is 1. The summed E-state index contributed by atoms with van der Waals surface area (Å²) in [6, 6.07) is 15.4. The molecule has 0 bridgehead atoms. The first-order chi connectivity index (χ1) is 14.9. The van der Waals surface area contributed by atoms with Gasteiger partial charge in [0.1, 0.15) is 11.4 Å². The summed E-state index contributed by atoms with van der Waals surface area (Å²) in [6.45, 7) is 7.78. The molecule has 1 aromatic carbocycles. The molecule has 4 rings (SSSR count). The van der Waals surface area contributed by atoms with Gasteiger partial charge < -0.3 is 4.74 Å². The van der Waals surface area contributed by atoms with Crippen LogP contribution in [0.1, 0.15) is 76.5 Å². The van der Waals surface area contributed by atoms with Crippen molar-refractivity contribution < 1.29 is 9.53 Å². The lowest BCUT2D eigenvalue weighted by atomic mass is 9.91. The van der Waals surface area contributed by atoms with E-state index in [0.717, 1.165) is 38.8 Å². The lowest BCUT2D eigenvalue weighted by molar-refractivity contribution is 0.0548. The van der Waals surface area contributed by atoms with Crippen LogP contribution in [-0.4, -0.2) is 34.2 Å². The lowest BCUT2D eigenvalue weighted by Crippen LogP contribution is -2.47. The number of nitrogens with zero attached hydrogens (tertiary/aromatic N) is 3. The van der Waals surface area contributed by atoms with E-state index in [1.54, 1.807) is 4.90 Å². The van der Waals surface area contributed by atoms with Gasteiger partial charge in [-0.1, -0.05) is 42.8 Å². The number of carbonyl (C=O) groups excluding carboxylic acids is 1. The van der Waals surface area contributed by atoms with E-state index in [1.165, 1.54) is 24.0 Å². The average Bonchev–Trinajstić information content (AvgIpc) is 2.71. The molecule has 1 aliphatic heterocycles. The number of hydrogen-bond donors (Lipinski definition) is 0. The molecule has 0 spiro atoms. The van der Waals surface area contributed by atoms with Crippen LogP contribution in [0.25, 0.3) is 0 Å². The highest BCUT2D eigenvalue weighted by Gasteiger charge is 2.34. The molecule has 2 fully saturated rings. The standard InChI is InChI=1S/C26H35N3O2/c1-26(2,3)31-25(30)29(22-12-9-13-22)24-16-15-21(18-27-24)23-14-7-8-17-28(23)19-20-10-5-4-6-11-20/h4-6,10-11,15-16,18,22-23H,7-9,12-14,17,19H2,1-3H3. The summed E-state index contributed by atoms with van der Waals surface area (Å²) in [4.78, 5) is 22.0. The fourth-order valence-electron chi connectivity index (χ4n) is 4.50. The van der Waals surface area contributed by atoms with Crippen LogP contribution in [0, 0.1) is 0 Å². The third kappa shape index (κ3) is 5.45. The smallest absolute Gasteiger partial charge is 0.416 e. The first-order valence-electron chi connectivity index (χ1n) is 11.7. The van der Waals surface area contributed by atoms with Crippen LogP contribution >= 0.6 is 0 Å². The third-order valence-corrected chi connectivity index (χ3v) is 6.27. The van der Waals surface area contributed by atoms with Gasteiger partial charge in [-0.3, -0.25) is 9.80 Å². The van der Waals surface area contributed by atoms with E-state index in [4.69, 9.17) is 9.72 Å². The zero-order valence-electron chi connectivity index (χ0n) is 19.1. The maximum absolute atomic E-state index is 12.9. The maximum atomic E-state index is 12.9. The Morgan fingerprint density at radius 1 is 1.06 bits per heavy atom. The summed E-state index contributed by atoms with van der Waals surface area (Å²) < 4.78 is 5.68. The molecule has 5 nitrogen and oxygen atoms in total. The molecule has 1 saturated heterocycles. The normalized spacial score (nSPS) is 20.2. The van der Waals surface area contributed by atoms with Gasteiger partial charge in [0.15, 0.2) is 0 Å². The van der Waals surface area contributed by atoms with E-state index in [2.05, 4.69) is 41.3 Å². The van der Waals surface area contributed by atoms with E-state index >= 15 is 0 Å². The van der Waals surface area contributed by atoms with Gasteiger partial charge in [-0.15, -0.1) is 0 Å². The topological polar surface area (TPSA) is 45.7 Å². The molecule has 0 radical (unpaired) electrons. The summed E-state index contributed by atoms with van der Waals surface area (Å²) in [5.41, 5.74) is 2.07. The van der Waals surface area contributed by atoms with Crippen molar-refractivity contribution in [3.05, 3.63) is 59.8 Å². The molecule has 2 aliphatic rings. The van der Waals surface area contributed by atoms with Crippen LogP contribution in [0.15, 0.2) is 48.7 Å². The van der Waals surface area contributed by atoms with Crippen LogP contribution < -0.4 is 4.90 Å². The van der Waals surface area contributed by atoms with Crippen LogP contribution in [-0.2, 0) is 11.3 Å². The molecular weight excluding hydrogens is 386 g/mol. The van der Waals surface area contributed by atoms with Crippen LogP contribution in [0.5, 0.6) is 0 Å². The zero-order chi connectivity index (χ0) is 21.8. The number of amides is 1. The Balaban J connectivity index is 1.51. The molecule has 1 saturated carbocycles. The summed E-state index contributed by atoms with van der Waals surface area (Å²) in [5.74, 6) is 0.702. The van der Waals surface area contributed by atoms with Crippen LogP contribution in [0.4, 0.5) is 10.6 Å². The van der Waals surface area contributed by atoms with E-state index in [9.17, 15) is 4.79 Å². The number of ether oxygens (including phenoxy) is 1. The van der Waals surface area contributed by atoms with Gasteiger partial charge in [-0.2, -0.15) is 0 Å². The number of aromatic nitrogens is 1. The second kappa shape index (κ2) is 9.39. The van der Waals surface area contributed by atoms with E-state index in [1.807, 2.05) is 33.0 Å². The van der Waals surface area contributed by atoms with Gasteiger partial charge >= 0.3 is 6.09 Å². The van der Waals surface area contributed by atoms with Crippen molar-refractivity contribution in [2.24, 2.45) is 0 Å². The second-order valence-corrected chi connectivity index (χ2v) is 9.85. The molecule has 2 aromatic rings. The summed E-state index contributed by atoms with van der Waals surface area (Å²) >= 11 is 0. The van der Waals surface area contributed by atoms with Crippen LogP contribution in [0.2, 0.25) is 0 Å². The van der Waals surface area contributed by atoms with E-state index < -0.39 is 5.60 Å². The number of carbonyl (C=O) groups is 1. The Hall–Kier alpha value is -2.40. The average molecular weight is 422 g/mol. The number of rotatable bonds is 5. The minimum absolute atomic E-state index is 0.192. The number of likely N-dealkylation sites (tertiary alicyclic amines) is 1. The van der Waals surface area contributed by atoms with Crippen molar-refractivity contribution in [2.75, 3.05) is 11.4 Å². The predicted octanol–water partition coefficient (Wildman–Crippen LogP) is 6.10. The minimum Gasteiger partial charge on any atom is -0.443 e. The van der Waals surface area contributed by atoms with Gasteiger partial charge in [0.05, 0.1) is 0 Å². The van der Waals surface area contributed by atoms with E-state index in [0.29, 0.717) is 11.9 Å².